The largest absolute Gasteiger partial charge is 0.399 e. The molecule has 2 aromatic rings. The third kappa shape index (κ3) is 2.34. The first kappa shape index (κ1) is 12.9. The van der Waals surface area contributed by atoms with Gasteiger partial charge in [0.15, 0.2) is 0 Å². The summed E-state index contributed by atoms with van der Waals surface area (Å²) in [5.74, 6) is 0. The van der Waals surface area contributed by atoms with E-state index in [-0.39, 0.29) is 10.9 Å². The standard InChI is InChI=1S/C12H17N3O2S/c1-3-8(2)15-18(16,17)12-7-14-11-6-9(13)4-5-10(11)12/h4-8,14-15H,3,13H2,1-2H3. The summed E-state index contributed by atoms with van der Waals surface area (Å²) in [5, 5.41) is 0.653. The molecule has 0 spiro atoms. The Labute approximate surface area is 106 Å². The minimum Gasteiger partial charge on any atom is -0.399 e. The Bertz CT molecular complexity index is 661. The average molecular weight is 267 g/mol. The van der Waals surface area contributed by atoms with Gasteiger partial charge >= 0.3 is 0 Å². The number of benzene rings is 1. The van der Waals surface area contributed by atoms with Crippen LogP contribution in [0.2, 0.25) is 0 Å². The van der Waals surface area contributed by atoms with Crippen molar-refractivity contribution in [1.82, 2.24) is 9.71 Å². The molecule has 1 unspecified atom stereocenters. The molecule has 0 aliphatic heterocycles. The van der Waals surface area contributed by atoms with Crippen LogP contribution in [0.5, 0.6) is 0 Å². The van der Waals surface area contributed by atoms with E-state index in [9.17, 15) is 8.42 Å². The minimum absolute atomic E-state index is 0.0891. The zero-order chi connectivity index (χ0) is 13.3. The number of nitrogen functional groups attached to an aromatic ring is 1. The van der Waals surface area contributed by atoms with Crippen molar-refractivity contribution in [3.05, 3.63) is 24.4 Å². The maximum atomic E-state index is 12.2. The van der Waals surface area contributed by atoms with Crippen LogP contribution in [-0.2, 0) is 10.0 Å². The number of hydrogen-bond acceptors (Lipinski definition) is 3. The van der Waals surface area contributed by atoms with Gasteiger partial charge in [0.2, 0.25) is 10.0 Å². The molecule has 0 radical (unpaired) electrons. The molecular weight excluding hydrogens is 250 g/mol. The van der Waals surface area contributed by atoms with Gasteiger partial charge in [-0.2, -0.15) is 0 Å². The normalized spacial score (nSPS) is 13.9. The molecule has 4 N–H and O–H groups in total. The van der Waals surface area contributed by atoms with Crippen LogP contribution in [-0.4, -0.2) is 19.4 Å². The van der Waals surface area contributed by atoms with Crippen molar-refractivity contribution in [1.29, 1.82) is 0 Å². The SMILES string of the molecule is CCC(C)NS(=O)(=O)c1c[nH]c2cc(N)ccc12. The quantitative estimate of drug-likeness (QED) is 0.738. The summed E-state index contributed by atoms with van der Waals surface area (Å²) in [6.07, 6.45) is 2.24. The molecule has 0 saturated carbocycles. The summed E-state index contributed by atoms with van der Waals surface area (Å²) in [6.45, 7) is 3.77. The Kier molecular flexibility index (Phi) is 3.32. The number of fused-ring (bicyclic) bond motifs is 1. The molecule has 6 heteroatoms. The zero-order valence-corrected chi connectivity index (χ0v) is 11.2. The van der Waals surface area contributed by atoms with Crippen LogP contribution in [0, 0.1) is 0 Å². The van der Waals surface area contributed by atoms with Gasteiger partial charge in [0.1, 0.15) is 4.90 Å². The maximum Gasteiger partial charge on any atom is 0.242 e. The second kappa shape index (κ2) is 4.62. The second-order valence-electron chi connectivity index (χ2n) is 4.39. The summed E-state index contributed by atoms with van der Waals surface area (Å²) < 4.78 is 27.0. The highest BCUT2D eigenvalue weighted by Crippen LogP contribution is 2.24. The van der Waals surface area contributed by atoms with Gasteiger partial charge in [-0.25, -0.2) is 13.1 Å². The van der Waals surface area contributed by atoms with Gasteiger partial charge in [0.05, 0.1) is 0 Å². The van der Waals surface area contributed by atoms with Crippen molar-refractivity contribution in [2.24, 2.45) is 0 Å². The van der Waals surface area contributed by atoms with Gasteiger partial charge in [0, 0.05) is 28.8 Å². The number of nitrogens with two attached hydrogens (primary N) is 1. The van der Waals surface area contributed by atoms with Gasteiger partial charge in [-0.1, -0.05) is 6.92 Å². The molecular formula is C12H17N3O2S. The first-order valence-electron chi connectivity index (χ1n) is 5.83. The molecule has 0 aliphatic carbocycles. The fourth-order valence-corrected chi connectivity index (χ4v) is 3.26. The fraction of sp³-hybridized carbons (Fsp3) is 0.333. The molecule has 1 atom stereocenters. The smallest absolute Gasteiger partial charge is 0.242 e. The van der Waals surface area contributed by atoms with Crippen molar-refractivity contribution < 1.29 is 8.42 Å². The van der Waals surface area contributed by atoms with Crippen LogP contribution in [0.4, 0.5) is 5.69 Å². The molecule has 0 amide bonds. The predicted molar refractivity (Wildman–Crippen MR) is 72.8 cm³/mol. The average Bonchev–Trinajstić information content (AvgIpc) is 2.71. The van der Waals surface area contributed by atoms with E-state index in [0.717, 1.165) is 11.9 Å². The molecule has 0 aliphatic rings. The molecule has 1 aromatic heterocycles. The Morgan fingerprint density at radius 1 is 1.44 bits per heavy atom. The fourth-order valence-electron chi connectivity index (χ4n) is 1.75. The highest BCUT2D eigenvalue weighted by atomic mass is 32.2. The van der Waals surface area contributed by atoms with Crippen LogP contribution in [0.1, 0.15) is 20.3 Å². The molecule has 0 fully saturated rings. The van der Waals surface area contributed by atoms with E-state index in [1.165, 1.54) is 6.20 Å². The number of sulfonamides is 1. The second-order valence-corrected chi connectivity index (χ2v) is 6.07. The number of H-pyrrole nitrogens is 1. The monoisotopic (exact) mass is 267 g/mol. The lowest BCUT2D eigenvalue weighted by Gasteiger charge is -2.11. The first-order chi connectivity index (χ1) is 8.44. The summed E-state index contributed by atoms with van der Waals surface area (Å²) >= 11 is 0. The van der Waals surface area contributed by atoms with Crippen molar-refractivity contribution in [2.45, 2.75) is 31.2 Å². The zero-order valence-electron chi connectivity index (χ0n) is 10.4. The summed E-state index contributed by atoms with van der Waals surface area (Å²) in [4.78, 5) is 3.19. The lowest BCUT2D eigenvalue weighted by molar-refractivity contribution is 0.556. The maximum absolute atomic E-state index is 12.2. The van der Waals surface area contributed by atoms with Gasteiger partial charge in [0.25, 0.3) is 0 Å². The molecule has 18 heavy (non-hydrogen) atoms. The Balaban J connectivity index is 2.48. The number of nitrogens with one attached hydrogen (secondary N) is 2. The van der Waals surface area contributed by atoms with E-state index >= 15 is 0 Å². The van der Waals surface area contributed by atoms with Crippen molar-refractivity contribution in [2.75, 3.05) is 5.73 Å². The number of rotatable bonds is 4. The van der Waals surface area contributed by atoms with Gasteiger partial charge < -0.3 is 10.7 Å². The Hall–Kier alpha value is -1.53. The van der Waals surface area contributed by atoms with Crippen molar-refractivity contribution >= 4 is 26.6 Å². The van der Waals surface area contributed by atoms with E-state index in [0.29, 0.717) is 11.1 Å². The summed E-state index contributed by atoms with van der Waals surface area (Å²) in [7, 11) is -3.49. The third-order valence-electron chi connectivity index (χ3n) is 2.93. The van der Waals surface area contributed by atoms with Crippen LogP contribution in [0.3, 0.4) is 0 Å². The van der Waals surface area contributed by atoms with E-state index in [4.69, 9.17) is 5.73 Å². The molecule has 98 valence electrons. The van der Waals surface area contributed by atoms with Crippen molar-refractivity contribution in [3.63, 3.8) is 0 Å². The predicted octanol–water partition coefficient (Wildman–Crippen LogP) is 1.83. The molecule has 2 rings (SSSR count). The van der Waals surface area contributed by atoms with Crippen LogP contribution in [0.15, 0.2) is 29.3 Å². The molecule has 0 bridgehead atoms. The van der Waals surface area contributed by atoms with E-state index in [2.05, 4.69) is 9.71 Å². The van der Waals surface area contributed by atoms with Crippen LogP contribution in [0.25, 0.3) is 10.9 Å². The number of aromatic amines is 1. The number of aromatic nitrogens is 1. The van der Waals surface area contributed by atoms with Gasteiger partial charge in [-0.05, 0) is 31.5 Å². The Morgan fingerprint density at radius 2 is 2.17 bits per heavy atom. The van der Waals surface area contributed by atoms with Crippen molar-refractivity contribution in [3.8, 4) is 0 Å². The topological polar surface area (TPSA) is 88.0 Å². The lowest BCUT2D eigenvalue weighted by Crippen LogP contribution is -2.31. The highest BCUT2D eigenvalue weighted by Gasteiger charge is 2.20. The number of anilines is 1. The third-order valence-corrected chi connectivity index (χ3v) is 4.56. The first-order valence-corrected chi connectivity index (χ1v) is 7.31. The van der Waals surface area contributed by atoms with Crippen LogP contribution < -0.4 is 10.5 Å². The van der Waals surface area contributed by atoms with E-state index in [1.54, 1.807) is 18.2 Å². The summed E-state index contributed by atoms with van der Waals surface area (Å²) in [5.41, 5.74) is 6.98. The number of hydrogen-bond donors (Lipinski definition) is 3. The van der Waals surface area contributed by atoms with Gasteiger partial charge in [-0.15, -0.1) is 0 Å². The minimum atomic E-state index is -3.49. The van der Waals surface area contributed by atoms with Crippen LogP contribution >= 0.6 is 0 Å². The van der Waals surface area contributed by atoms with E-state index < -0.39 is 10.0 Å². The Morgan fingerprint density at radius 3 is 2.83 bits per heavy atom. The molecule has 1 heterocycles. The molecule has 5 nitrogen and oxygen atoms in total. The summed E-state index contributed by atoms with van der Waals surface area (Å²) in [6, 6.07) is 5.04. The molecule has 1 aromatic carbocycles. The highest BCUT2D eigenvalue weighted by molar-refractivity contribution is 7.89. The van der Waals surface area contributed by atoms with Gasteiger partial charge in [-0.3, -0.25) is 0 Å². The lowest BCUT2D eigenvalue weighted by atomic mass is 10.2. The molecule has 0 saturated heterocycles. The van der Waals surface area contributed by atoms with E-state index in [1.807, 2.05) is 13.8 Å².